The second-order valence-electron chi connectivity index (χ2n) is 2.19. The maximum Gasteiger partial charge on any atom is 0.163 e. The number of carbonyl (C=O) groups is 1. The summed E-state index contributed by atoms with van der Waals surface area (Å²) in [5.41, 5.74) is 0. The Bertz CT molecular complexity index is 111. The normalized spacial score (nSPS) is 27.2. The standard InChI is InChI=1S/C6H10O3/c7-2-1-5-3-9-4-6(5)8/h5,7H,1-4H2. The fourth-order valence-corrected chi connectivity index (χ4v) is 0.913. The maximum absolute atomic E-state index is 10.7. The molecule has 3 nitrogen and oxygen atoms in total. The van der Waals surface area contributed by atoms with Crippen LogP contribution in [0.2, 0.25) is 0 Å². The quantitative estimate of drug-likeness (QED) is 0.552. The third-order valence-electron chi connectivity index (χ3n) is 1.50. The van der Waals surface area contributed by atoms with Gasteiger partial charge in [-0.15, -0.1) is 0 Å². The van der Waals surface area contributed by atoms with Gasteiger partial charge in [-0.1, -0.05) is 0 Å². The summed E-state index contributed by atoms with van der Waals surface area (Å²) in [7, 11) is 0. The summed E-state index contributed by atoms with van der Waals surface area (Å²) in [5, 5.41) is 8.44. The van der Waals surface area contributed by atoms with Crippen molar-refractivity contribution in [2.75, 3.05) is 19.8 Å². The molecule has 1 saturated heterocycles. The van der Waals surface area contributed by atoms with Gasteiger partial charge in [0.15, 0.2) is 5.78 Å². The summed E-state index contributed by atoms with van der Waals surface area (Å²) < 4.78 is 4.86. The average molecular weight is 130 g/mol. The van der Waals surface area contributed by atoms with Crippen molar-refractivity contribution < 1.29 is 14.6 Å². The molecule has 0 amide bonds. The Hall–Kier alpha value is -0.410. The van der Waals surface area contributed by atoms with E-state index in [9.17, 15) is 4.79 Å². The summed E-state index contributed by atoms with van der Waals surface area (Å²) in [5.74, 6) is 0.0963. The van der Waals surface area contributed by atoms with Gasteiger partial charge in [0.2, 0.25) is 0 Å². The average Bonchev–Trinajstić information content (AvgIpc) is 2.18. The van der Waals surface area contributed by atoms with Crippen LogP contribution in [0, 0.1) is 5.92 Å². The first-order valence-electron chi connectivity index (χ1n) is 3.06. The van der Waals surface area contributed by atoms with Gasteiger partial charge < -0.3 is 9.84 Å². The molecular formula is C6H10O3. The molecule has 0 saturated carbocycles. The molecule has 0 radical (unpaired) electrons. The minimum absolute atomic E-state index is 0.0324. The molecule has 1 unspecified atom stereocenters. The molecule has 0 bridgehead atoms. The Balaban J connectivity index is 2.31. The lowest BCUT2D eigenvalue weighted by atomic mass is 10.1. The molecule has 9 heavy (non-hydrogen) atoms. The smallest absolute Gasteiger partial charge is 0.163 e. The molecule has 1 rings (SSSR count). The fraction of sp³-hybridized carbons (Fsp3) is 0.833. The second-order valence-corrected chi connectivity index (χ2v) is 2.19. The highest BCUT2D eigenvalue weighted by Crippen LogP contribution is 2.11. The van der Waals surface area contributed by atoms with Crippen LogP contribution >= 0.6 is 0 Å². The number of hydrogen-bond donors (Lipinski definition) is 1. The Morgan fingerprint density at radius 2 is 2.56 bits per heavy atom. The van der Waals surface area contributed by atoms with Crippen LogP contribution in [-0.2, 0) is 9.53 Å². The summed E-state index contributed by atoms with van der Waals surface area (Å²) in [6, 6.07) is 0. The Morgan fingerprint density at radius 1 is 1.78 bits per heavy atom. The number of ether oxygens (including phenoxy) is 1. The number of rotatable bonds is 2. The molecule has 1 aliphatic rings. The van der Waals surface area contributed by atoms with Crippen molar-refractivity contribution in [2.45, 2.75) is 6.42 Å². The molecule has 1 aliphatic heterocycles. The zero-order valence-electron chi connectivity index (χ0n) is 5.17. The first-order valence-corrected chi connectivity index (χ1v) is 3.06. The van der Waals surface area contributed by atoms with E-state index >= 15 is 0 Å². The summed E-state index contributed by atoms with van der Waals surface area (Å²) >= 11 is 0. The molecule has 0 aliphatic carbocycles. The third-order valence-corrected chi connectivity index (χ3v) is 1.50. The van der Waals surface area contributed by atoms with Crippen LogP contribution < -0.4 is 0 Å². The van der Waals surface area contributed by atoms with Gasteiger partial charge in [0.25, 0.3) is 0 Å². The van der Waals surface area contributed by atoms with E-state index in [0.29, 0.717) is 13.0 Å². The van der Waals surface area contributed by atoms with Gasteiger partial charge in [-0.2, -0.15) is 0 Å². The number of aliphatic hydroxyl groups is 1. The molecular weight excluding hydrogens is 120 g/mol. The van der Waals surface area contributed by atoms with Crippen LogP contribution in [0.5, 0.6) is 0 Å². The molecule has 3 heteroatoms. The van der Waals surface area contributed by atoms with Gasteiger partial charge in [0.1, 0.15) is 6.61 Å². The van der Waals surface area contributed by atoms with E-state index in [4.69, 9.17) is 9.84 Å². The van der Waals surface area contributed by atoms with E-state index in [1.165, 1.54) is 0 Å². The van der Waals surface area contributed by atoms with Crippen LogP contribution in [-0.4, -0.2) is 30.7 Å². The van der Waals surface area contributed by atoms with Crippen molar-refractivity contribution in [3.05, 3.63) is 0 Å². The number of Topliss-reactive ketones (excluding diaryl/α,β-unsaturated/α-hetero) is 1. The summed E-state index contributed by atoms with van der Waals surface area (Å²) in [6.45, 7) is 0.823. The Morgan fingerprint density at radius 3 is 3.00 bits per heavy atom. The van der Waals surface area contributed by atoms with Gasteiger partial charge in [0.05, 0.1) is 6.61 Å². The topological polar surface area (TPSA) is 46.5 Å². The van der Waals surface area contributed by atoms with Gasteiger partial charge in [-0.25, -0.2) is 0 Å². The van der Waals surface area contributed by atoms with Crippen molar-refractivity contribution in [3.63, 3.8) is 0 Å². The molecule has 1 fully saturated rings. The highest BCUT2D eigenvalue weighted by atomic mass is 16.5. The van der Waals surface area contributed by atoms with Crippen LogP contribution in [0.25, 0.3) is 0 Å². The number of carbonyl (C=O) groups excluding carboxylic acids is 1. The molecule has 1 heterocycles. The van der Waals surface area contributed by atoms with Crippen LogP contribution in [0.3, 0.4) is 0 Å². The van der Waals surface area contributed by atoms with Crippen molar-refractivity contribution in [1.29, 1.82) is 0 Å². The lowest BCUT2D eigenvalue weighted by Crippen LogP contribution is -2.12. The van der Waals surface area contributed by atoms with Crippen LogP contribution in [0.4, 0.5) is 0 Å². The maximum atomic E-state index is 10.7. The van der Waals surface area contributed by atoms with Gasteiger partial charge in [-0.3, -0.25) is 4.79 Å². The first-order chi connectivity index (χ1) is 4.34. The van der Waals surface area contributed by atoms with Crippen LogP contribution in [0.15, 0.2) is 0 Å². The molecule has 1 atom stereocenters. The van der Waals surface area contributed by atoms with E-state index in [1.54, 1.807) is 0 Å². The highest BCUT2D eigenvalue weighted by molar-refractivity contribution is 5.83. The molecule has 0 aromatic rings. The van der Waals surface area contributed by atoms with E-state index in [1.807, 2.05) is 0 Å². The van der Waals surface area contributed by atoms with Crippen molar-refractivity contribution in [3.8, 4) is 0 Å². The lowest BCUT2D eigenvalue weighted by molar-refractivity contribution is -0.120. The van der Waals surface area contributed by atoms with E-state index < -0.39 is 0 Å². The number of ketones is 1. The van der Waals surface area contributed by atoms with Gasteiger partial charge in [-0.05, 0) is 6.42 Å². The van der Waals surface area contributed by atoms with Crippen molar-refractivity contribution in [2.24, 2.45) is 5.92 Å². The van der Waals surface area contributed by atoms with E-state index in [-0.39, 0.29) is 24.9 Å². The summed E-state index contributed by atoms with van der Waals surface area (Å²) in [4.78, 5) is 10.7. The largest absolute Gasteiger partial charge is 0.396 e. The molecule has 0 aromatic heterocycles. The Labute approximate surface area is 53.6 Å². The minimum atomic E-state index is -0.0324. The van der Waals surface area contributed by atoms with Crippen LogP contribution in [0.1, 0.15) is 6.42 Å². The van der Waals surface area contributed by atoms with Crippen molar-refractivity contribution in [1.82, 2.24) is 0 Å². The number of aliphatic hydroxyl groups excluding tert-OH is 1. The zero-order valence-corrected chi connectivity index (χ0v) is 5.17. The fourth-order valence-electron chi connectivity index (χ4n) is 0.913. The molecule has 0 aromatic carbocycles. The van der Waals surface area contributed by atoms with Crippen molar-refractivity contribution >= 4 is 5.78 Å². The predicted octanol–water partition coefficient (Wildman–Crippen LogP) is -0.416. The SMILES string of the molecule is O=C1COCC1CCO. The second kappa shape index (κ2) is 2.94. The molecule has 1 N–H and O–H groups in total. The summed E-state index contributed by atoms with van der Waals surface area (Å²) in [6.07, 6.45) is 0.554. The predicted molar refractivity (Wildman–Crippen MR) is 31.0 cm³/mol. The van der Waals surface area contributed by atoms with E-state index in [2.05, 4.69) is 0 Å². The zero-order chi connectivity index (χ0) is 6.69. The molecule has 52 valence electrons. The first kappa shape index (κ1) is 6.71. The lowest BCUT2D eigenvalue weighted by Gasteiger charge is -1.99. The molecule has 0 spiro atoms. The highest BCUT2D eigenvalue weighted by Gasteiger charge is 2.23. The third kappa shape index (κ3) is 1.50. The monoisotopic (exact) mass is 130 g/mol. The minimum Gasteiger partial charge on any atom is -0.396 e. The Kier molecular flexibility index (Phi) is 2.19. The van der Waals surface area contributed by atoms with Gasteiger partial charge in [0, 0.05) is 12.5 Å². The van der Waals surface area contributed by atoms with Gasteiger partial charge >= 0.3 is 0 Å². The van der Waals surface area contributed by atoms with E-state index in [0.717, 1.165) is 0 Å². The number of hydrogen-bond acceptors (Lipinski definition) is 3.